The molecule has 1 atom stereocenters. The molecule has 0 bridgehead atoms. The van der Waals surface area contributed by atoms with Crippen LogP contribution in [0.1, 0.15) is 16.7 Å². The van der Waals surface area contributed by atoms with Crippen molar-refractivity contribution in [2.24, 2.45) is 0 Å². The molecule has 0 aromatic heterocycles. The number of benzene rings is 3. The Hall–Kier alpha value is -4.46. The summed E-state index contributed by atoms with van der Waals surface area (Å²) in [5.41, 5.74) is -1.41. The first-order chi connectivity index (χ1) is 19.2. The van der Waals surface area contributed by atoms with Gasteiger partial charge < -0.3 is 30.0 Å². The molecule has 0 radical (unpaired) electrons. The Labute approximate surface area is 229 Å². The minimum Gasteiger partial charge on any atom is -0.467 e. The van der Waals surface area contributed by atoms with E-state index in [-0.39, 0.29) is 17.5 Å². The number of alkyl halides is 6. The lowest BCUT2D eigenvalue weighted by Gasteiger charge is -2.37. The van der Waals surface area contributed by atoms with E-state index in [1.165, 1.54) is 24.3 Å². The lowest BCUT2D eigenvalue weighted by atomic mass is 9.77. The molecule has 220 valence electrons. The van der Waals surface area contributed by atoms with E-state index in [0.29, 0.717) is 5.56 Å². The summed E-state index contributed by atoms with van der Waals surface area (Å²) in [5.74, 6) is -2.34. The molecule has 0 aliphatic heterocycles. The first-order valence-corrected chi connectivity index (χ1v) is 11.8. The van der Waals surface area contributed by atoms with Gasteiger partial charge >= 0.3 is 24.7 Å². The highest BCUT2D eigenvalue weighted by atomic mass is 19.4. The van der Waals surface area contributed by atoms with Crippen LogP contribution in [-0.4, -0.2) is 49.6 Å². The molecular weight excluding hydrogens is 562 g/mol. The van der Waals surface area contributed by atoms with Crippen LogP contribution in [0.2, 0.25) is 0 Å². The second-order valence-corrected chi connectivity index (χ2v) is 8.58. The van der Waals surface area contributed by atoms with Crippen LogP contribution in [0.3, 0.4) is 0 Å². The Bertz CT molecular complexity index is 1270. The van der Waals surface area contributed by atoms with Crippen LogP contribution in [0.5, 0.6) is 11.5 Å². The molecule has 2 amide bonds. The molecule has 0 fully saturated rings. The number of methoxy groups -OCH3 is 1. The first kappa shape index (κ1) is 31.1. The van der Waals surface area contributed by atoms with Gasteiger partial charge in [0.1, 0.15) is 11.5 Å². The third-order valence-corrected chi connectivity index (χ3v) is 5.73. The number of carbonyl (C=O) groups is 2. The van der Waals surface area contributed by atoms with E-state index in [0.717, 1.165) is 31.4 Å². The molecule has 0 saturated heterocycles. The van der Waals surface area contributed by atoms with Crippen molar-refractivity contribution in [2.75, 3.05) is 13.7 Å². The lowest BCUT2D eigenvalue weighted by molar-refractivity contribution is -0.275. The SMILES string of the molecule is COC(=O)[C@H](CO)NC(=O)NC(Cc1ccccc1)(c1cccc(OC(F)(F)F)c1)c1cccc(OC(F)(F)F)c1. The highest BCUT2D eigenvalue weighted by Crippen LogP contribution is 2.38. The highest BCUT2D eigenvalue weighted by molar-refractivity contribution is 5.84. The summed E-state index contributed by atoms with van der Waals surface area (Å²) in [6.45, 7) is -0.865. The van der Waals surface area contributed by atoms with Gasteiger partial charge in [-0.1, -0.05) is 54.6 Å². The zero-order chi connectivity index (χ0) is 30.3. The molecule has 3 aromatic rings. The second kappa shape index (κ2) is 12.8. The van der Waals surface area contributed by atoms with Crippen LogP contribution >= 0.6 is 0 Å². The van der Waals surface area contributed by atoms with Gasteiger partial charge in [0, 0.05) is 6.42 Å². The molecule has 14 heteroatoms. The van der Waals surface area contributed by atoms with E-state index >= 15 is 0 Å². The van der Waals surface area contributed by atoms with E-state index < -0.39 is 54.4 Å². The average Bonchev–Trinajstić information content (AvgIpc) is 2.90. The Kier molecular flexibility index (Phi) is 9.71. The van der Waals surface area contributed by atoms with Crippen LogP contribution in [0, 0.1) is 0 Å². The zero-order valence-electron chi connectivity index (χ0n) is 21.3. The Balaban J connectivity index is 2.24. The number of rotatable bonds is 10. The molecule has 0 unspecified atom stereocenters. The predicted molar refractivity (Wildman–Crippen MR) is 132 cm³/mol. The molecule has 3 N–H and O–H groups in total. The number of nitrogens with one attached hydrogen (secondary N) is 2. The maximum Gasteiger partial charge on any atom is 0.573 e. The standard InChI is InChI=1S/C27H24F6N2O6/c1-39-23(37)22(16-36)34-24(38)35-25(15-17-7-3-2-4-8-17,18-9-5-11-20(13-18)40-26(28,29)30)19-10-6-12-21(14-19)41-27(31,32)33/h2-14,22,36H,15-16H2,1H3,(H2,34,35,38)/t22-/m0/s1. The van der Waals surface area contributed by atoms with Crippen LogP contribution in [-0.2, 0) is 21.5 Å². The van der Waals surface area contributed by atoms with Crippen LogP contribution in [0.15, 0.2) is 78.9 Å². The third-order valence-electron chi connectivity index (χ3n) is 5.73. The first-order valence-electron chi connectivity index (χ1n) is 11.8. The third kappa shape index (κ3) is 8.76. The summed E-state index contributed by atoms with van der Waals surface area (Å²) >= 11 is 0. The minimum absolute atomic E-state index is 0.0268. The summed E-state index contributed by atoms with van der Waals surface area (Å²) in [5, 5.41) is 14.3. The van der Waals surface area contributed by atoms with Crippen LogP contribution in [0.25, 0.3) is 0 Å². The van der Waals surface area contributed by atoms with Crippen LogP contribution < -0.4 is 20.1 Å². The fourth-order valence-corrected chi connectivity index (χ4v) is 4.09. The maximum absolute atomic E-state index is 13.2. The number of halogens is 6. The number of amides is 2. The largest absolute Gasteiger partial charge is 0.573 e. The van der Waals surface area contributed by atoms with Gasteiger partial charge in [0.25, 0.3) is 0 Å². The number of esters is 1. The van der Waals surface area contributed by atoms with Crippen molar-refractivity contribution in [3.05, 3.63) is 95.6 Å². The van der Waals surface area contributed by atoms with E-state index in [9.17, 15) is 41.0 Å². The number of hydrogen-bond acceptors (Lipinski definition) is 6. The fraction of sp³-hybridized carbons (Fsp3) is 0.259. The Morgan fingerprint density at radius 3 is 1.76 bits per heavy atom. The van der Waals surface area contributed by atoms with Crippen molar-refractivity contribution in [3.8, 4) is 11.5 Å². The maximum atomic E-state index is 13.2. The zero-order valence-corrected chi connectivity index (χ0v) is 21.3. The molecule has 0 spiro atoms. The van der Waals surface area contributed by atoms with E-state index in [4.69, 9.17) is 0 Å². The minimum atomic E-state index is -5.07. The smallest absolute Gasteiger partial charge is 0.467 e. The van der Waals surface area contributed by atoms with Crippen molar-refractivity contribution in [1.82, 2.24) is 10.6 Å². The number of carbonyl (C=O) groups excluding carboxylic acids is 2. The van der Waals surface area contributed by atoms with Gasteiger partial charge in [0.05, 0.1) is 19.3 Å². The van der Waals surface area contributed by atoms with Gasteiger partial charge in [-0.25, -0.2) is 9.59 Å². The molecule has 3 rings (SSSR count). The van der Waals surface area contributed by atoms with Crippen molar-refractivity contribution in [2.45, 2.75) is 30.7 Å². The Morgan fingerprint density at radius 1 is 0.805 bits per heavy atom. The van der Waals surface area contributed by atoms with E-state index in [1.54, 1.807) is 30.3 Å². The van der Waals surface area contributed by atoms with E-state index in [2.05, 4.69) is 24.8 Å². The van der Waals surface area contributed by atoms with Gasteiger partial charge in [-0.15, -0.1) is 26.3 Å². The topological polar surface area (TPSA) is 106 Å². The quantitative estimate of drug-likeness (QED) is 0.233. The molecular formula is C27H24F6N2O6. The number of hydrogen-bond donors (Lipinski definition) is 3. The summed E-state index contributed by atoms with van der Waals surface area (Å²) in [6.07, 6.45) is -10.3. The summed E-state index contributed by atoms with van der Waals surface area (Å²) in [7, 11) is 1.02. The molecule has 0 aliphatic carbocycles. The monoisotopic (exact) mass is 586 g/mol. The fourth-order valence-electron chi connectivity index (χ4n) is 4.09. The highest BCUT2D eigenvalue weighted by Gasteiger charge is 2.40. The van der Waals surface area contributed by atoms with Gasteiger partial charge in [0.15, 0.2) is 6.04 Å². The van der Waals surface area contributed by atoms with Crippen molar-refractivity contribution >= 4 is 12.0 Å². The van der Waals surface area contributed by atoms with Crippen molar-refractivity contribution in [1.29, 1.82) is 0 Å². The summed E-state index contributed by atoms with van der Waals surface area (Å²) in [4.78, 5) is 25.2. The molecule has 3 aromatic carbocycles. The van der Waals surface area contributed by atoms with Gasteiger partial charge in [-0.2, -0.15) is 0 Å². The normalized spacial score (nSPS) is 12.7. The molecule has 0 saturated carbocycles. The molecule has 0 heterocycles. The predicted octanol–water partition coefficient (Wildman–Crippen LogP) is 4.80. The molecule has 41 heavy (non-hydrogen) atoms. The summed E-state index contributed by atoms with van der Waals surface area (Å²) in [6, 6.07) is 14.6. The van der Waals surface area contributed by atoms with Crippen molar-refractivity contribution in [3.63, 3.8) is 0 Å². The summed E-state index contributed by atoms with van der Waals surface area (Å²) < 4.78 is 91.0. The van der Waals surface area contributed by atoms with Crippen LogP contribution in [0.4, 0.5) is 31.1 Å². The lowest BCUT2D eigenvalue weighted by Crippen LogP contribution is -2.56. The number of aliphatic hydroxyl groups excluding tert-OH is 1. The van der Waals surface area contributed by atoms with Gasteiger partial charge in [-0.05, 0) is 41.0 Å². The number of ether oxygens (including phenoxy) is 3. The number of urea groups is 1. The van der Waals surface area contributed by atoms with Gasteiger partial charge in [-0.3, -0.25) is 0 Å². The Morgan fingerprint density at radius 2 is 1.32 bits per heavy atom. The number of aliphatic hydroxyl groups is 1. The van der Waals surface area contributed by atoms with Crippen molar-refractivity contribution < 1.29 is 55.2 Å². The van der Waals surface area contributed by atoms with E-state index in [1.807, 2.05) is 0 Å². The average molecular weight is 586 g/mol. The van der Waals surface area contributed by atoms with Gasteiger partial charge in [0.2, 0.25) is 0 Å². The molecule has 8 nitrogen and oxygen atoms in total. The molecule has 0 aliphatic rings. The second-order valence-electron chi connectivity index (χ2n) is 8.58.